The van der Waals surface area contributed by atoms with E-state index in [0.717, 1.165) is 36.7 Å². The number of hydrogen-bond donors (Lipinski definition) is 3. The maximum atomic E-state index is 11.7. The highest BCUT2D eigenvalue weighted by Gasteiger charge is 2.32. The van der Waals surface area contributed by atoms with Crippen LogP contribution in [-0.2, 0) is 11.3 Å². The van der Waals surface area contributed by atoms with Crippen molar-refractivity contribution in [3.8, 4) is 5.75 Å². The number of carbonyl (C=O) groups excluding carboxylic acids is 1. The van der Waals surface area contributed by atoms with Crippen molar-refractivity contribution in [3.63, 3.8) is 0 Å². The van der Waals surface area contributed by atoms with Crippen LogP contribution in [0.3, 0.4) is 0 Å². The second kappa shape index (κ2) is 10.5. The van der Waals surface area contributed by atoms with Gasteiger partial charge in [0.1, 0.15) is 5.75 Å². The zero-order valence-electron chi connectivity index (χ0n) is 15.9. The average molecular weight is 362 g/mol. The van der Waals surface area contributed by atoms with Crippen LogP contribution in [0.2, 0.25) is 0 Å². The van der Waals surface area contributed by atoms with E-state index in [9.17, 15) is 4.79 Å². The number of nitrogens with zero attached hydrogens (tertiary/aromatic N) is 1. The third-order valence-electron chi connectivity index (χ3n) is 4.20. The number of ether oxygens (including phenoxy) is 2. The molecule has 26 heavy (non-hydrogen) atoms. The number of para-hydroxylation sites is 1. The number of guanidine groups is 1. The summed E-state index contributed by atoms with van der Waals surface area (Å²) in [6, 6.07) is 7.89. The number of amides is 1. The van der Waals surface area contributed by atoms with Gasteiger partial charge in [0.05, 0.1) is 26.3 Å². The lowest BCUT2D eigenvalue weighted by molar-refractivity contribution is 0.146. The number of aliphatic imine (C=N–C) groups is 1. The quantitative estimate of drug-likeness (QED) is 0.464. The van der Waals surface area contributed by atoms with E-state index in [1.165, 1.54) is 0 Å². The summed E-state index contributed by atoms with van der Waals surface area (Å²) in [5.74, 6) is 2.05. The van der Waals surface area contributed by atoms with Crippen molar-refractivity contribution in [2.45, 2.75) is 39.3 Å². The fourth-order valence-electron chi connectivity index (χ4n) is 2.70. The van der Waals surface area contributed by atoms with E-state index >= 15 is 0 Å². The molecule has 1 saturated carbocycles. The molecule has 0 spiro atoms. The summed E-state index contributed by atoms with van der Waals surface area (Å²) < 4.78 is 10.4. The topological polar surface area (TPSA) is 84.0 Å². The molecular formula is C19H30N4O3. The third-order valence-corrected chi connectivity index (χ3v) is 4.20. The molecule has 1 atom stereocenters. The van der Waals surface area contributed by atoms with E-state index < -0.39 is 0 Å². The zero-order chi connectivity index (χ0) is 18.8. The van der Waals surface area contributed by atoms with Crippen LogP contribution in [0.4, 0.5) is 4.79 Å². The first-order chi connectivity index (χ1) is 12.7. The van der Waals surface area contributed by atoms with Crippen LogP contribution in [0.1, 0.15) is 32.3 Å². The van der Waals surface area contributed by atoms with Gasteiger partial charge < -0.3 is 25.4 Å². The number of nitrogens with one attached hydrogen (secondary N) is 3. The lowest BCUT2D eigenvalue weighted by Gasteiger charge is -2.20. The molecule has 1 fully saturated rings. The minimum absolute atomic E-state index is 0.0455. The molecule has 1 aliphatic carbocycles. The van der Waals surface area contributed by atoms with Crippen molar-refractivity contribution in [3.05, 3.63) is 29.8 Å². The Morgan fingerprint density at radius 1 is 1.27 bits per heavy atom. The fraction of sp³-hybridized carbons (Fsp3) is 0.579. The summed E-state index contributed by atoms with van der Waals surface area (Å²) in [7, 11) is 1.66. The van der Waals surface area contributed by atoms with E-state index in [2.05, 4.69) is 20.9 Å². The second-order valence-corrected chi connectivity index (χ2v) is 6.20. The predicted molar refractivity (Wildman–Crippen MR) is 102 cm³/mol. The molecular weight excluding hydrogens is 332 g/mol. The Balaban J connectivity index is 1.94. The molecule has 144 valence electrons. The normalized spacial score (nSPS) is 15.1. The first-order valence-corrected chi connectivity index (χ1v) is 9.25. The zero-order valence-corrected chi connectivity index (χ0v) is 15.9. The van der Waals surface area contributed by atoms with Crippen molar-refractivity contribution >= 4 is 12.1 Å². The molecule has 1 aromatic carbocycles. The number of benzene rings is 1. The number of rotatable bonds is 9. The Hall–Kier alpha value is -2.44. The van der Waals surface area contributed by atoms with Crippen LogP contribution in [0.15, 0.2) is 29.3 Å². The van der Waals surface area contributed by atoms with Crippen molar-refractivity contribution in [1.82, 2.24) is 16.0 Å². The molecule has 1 aliphatic rings. The first kappa shape index (κ1) is 19.9. The van der Waals surface area contributed by atoms with Crippen molar-refractivity contribution < 1.29 is 14.3 Å². The standard InChI is InChI=1S/C19H30N4O3/c1-4-20-18(21-12-15-8-6-7-9-17(15)25-3)22-13-16(14-10-11-14)23-19(24)26-5-2/h6-9,14,16H,4-5,10-13H2,1-3H3,(H,23,24)(H2,20,21,22). The average Bonchev–Trinajstić information content (AvgIpc) is 3.48. The van der Waals surface area contributed by atoms with Gasteiger partial charge in [-0.3, -0.25) is 0 Å². The fourth-order valence-corrected chi connectivity index (χ4v) is 2.70. The smallest absolute Gasteiger partial charge is 0.407 e. The minimum Gasteiger partial charge on any atom is -0.496 e. The monoisotopic (exact) mass is 362 g/mol. The van der Waals surface area contributed by atoms with Crippen molar-refractivity contribution in [1.29, 1.82) is 0 Å². The molecule has 2 rings (SSSR count). The van der Waals surface area contributed by atoms with Gasteiger partial charge >= 0.3 is 6.09 Å². The Morgan fingerprint density at radius 2 is 2.04 bits per heavy atom. The highest BCUT2D eigenvalue weighted by Crippen LogP contribution is 2.32. The molecule has 1 amide bonds. The van der Waals surface area contributed by atoms with Crippen LogP contribution >= 0.6 is 0 Å². The maximum absolute atomic E-state index is 11.7. The number of alkyl carbamates (subject to hydrolysis) is 1. The molecule has 0 heterocycles. The summed E-state index contributed by atoms with van der Waals surface area (Å²) in [4.78, 5) is 16.3. The van der Waals surface area contributed by atoms with E-state index in [1.807, 2.05) is 31.2 Å². The molecule has 7 nitrogen and oxygen atoms in total. The molecule has 1 unspecified atom stereocenters. The van der Waals surface area contributed by atoms with Crippen LogP contribution in [0.5, 0.6) is 5.75 Å². The maximum Gasteiger partial charge on any atom is 0.407 e. The van der Waals surface area contributed by atoms with E-state index in [0.29, 0.717) is 25.6 Å². The molecule has 3 N–H and O–H groups in total. The van der Waals surface area contributed by atoms with E-state index in [4.69, 9.17) is 9.47 Å². The SMILES string of the molecule is CCNC(=NCc1ccccc1OC)NCC(NC(=O)OCC)C1CC1. The number of carbonyl (C=O) groups is 1. The van der Waals surface area contributed by atoms with Crippen molar-refractivity contribution in [2.24, 2.45) is 10.9 Å². The Kier molecular flexibility index (Phi) is 8.05. The highest BCUT2D eigenvalue weighted by atomic mass is 16.5. The number of hydrogen-bond acceptors (Lipinski definition) is 4. The van der Waals surface area contributed by atoms with E-state index in [1.54, 1.807) is 14.0 Å². The largest absolute Gasteiger partial charge is 0.496 e. The Labute approximate surface area is 155 Å². The van der Waals surface area contributed by atoms with E-state index in [-0.39, 0.29) is 12.1 Å². The lowest BCUT2D eigenvalue weighted by Crippen LogP contribution is -2.48. The third kappa shape index (κ3) is 6.46. The molecule has 0 aromatic heterocycles. The summed E-state index contributed by atoms with van der Waals surface area (Å²) in [6.07, 6.45) is 1.91. The van der Waals surface area contributed by atoms with Crippen LogP contribution < -0.4 is 20.7 Å². The van der Waals surface area contributed by atoms with Crippen molar-refractivity contribution in [2.75, 3.05) is 26.8 Å². The summed E-state index contributed by atoms with van der Waals surface area (Å²) in [5.41, 5.74) is 1.02. The van der Waals surface area contributed by atoms with Gasteiger partial charge in [0.2, 0.25) is 0 Å². The van der Waals surface area contributed by atoms with Gasteiger partial charge in [-0.05, 0) is 38.7 Å². The van der Waals surface area contributed by atoms with Gasteiger partial charge in [0, 0.05) is 18.7 Å². The van der Waals surface area contributed by atoms with Gasteiger partial charge in [0.15, 0.2) is 5.96 Å². The van der Waals surface area contributed by atoms with Gasteiger partial charge in [-0.15, -0.1) is 0 Å². The molecule has 0 bridgehead atoms. The Bertz CT molecular complexity index is 602. The van der Waals surface area contributed by atoms with Gasteiger partial charge in [-0.1, -0.05) is 18.2 Å². The van der Waals surface area contributed by atoms with Crippen LogP contribution in [0, 0.1) is 5.92 Å². The first-order valence-electron chi connectivity index (χ1n) is 9.25. The number of methoxy groups -OCH3 is 1. The molecule has 0 aliphatic heterocycles. The van der Waals surface area contributed by atoms with Crippen LogP contribution in [0.25, 0.3) is 0 Å². The molecule has 1 aromatic rings. The summed E-state index contributed by atoms with van der Waals surface area (Å²) in [5, 5.41) is 9.51. The Morgan fingerprint density at radius 3 is 2.69 bits per heavy atom. The second-order valence-electron chi connectivity index (χ2n) is 6.20. The molecule has 0 radical (unpaired) electrons. The lowest BCUT2D eigenvalue weighted by atomic mass is 10.2. The van der Waals surface area contributed by atoms with Crippen LogP contribution in [-0.4, -0.2) is 44.9 Å². The summed E-state index contributed by atoms with van der Waals surface area (Å²) in [6.45, 7) is 6.09. The minimum atomic E-state index is -0.359. The van der Waals surface area contributed by atoms with Gasteiger partial charge in [0.25, 0.3) is 0 Å². The molecule has 0 saturated heterocycles. The van der Waals surface area contributed by atoms with Gasteiger partial charge in [-0.25, -0.2) is 9.79 Å². The molecule has 7 heteroatoms. The van der Waals surface area contributed by atoms with Gasteiger partial charge in [-0.2, -0.15) is 0 Å². The summed E-state index contributed by atoms with van der Waals surface area (Å²) >= 11 is 0. The highest BCUT2D eigenvalue weighted by molar-refractivity contribution is 5.80. The predicted octanol–water partition coefficient (Wildman–Crippen LogP) is 2.28.